The molecule has 0 unspecified atom stereocenters. The van der Waals surface area contributed by atoms with Crippen molar-refractivity contribution in [3.8, 4) is 5.82 Å². The Morgan fingerprint density at radius 1 is 1.19 bits per heavy atom. The molecule has 4 nitrogen and oxygen atoms in total. The molecule has 0 aliphatic carbocycles. The Morgan fingerprint density at radius 2 is 2.10 bits per heavy atom. The SMILES string of the molecule is Clc1ccc(Br)c(CNc2cccnc2-n2cccn2)c1. The van der Waals surface area contributed by atoms with Crippen molar-refractivity contribution in [2.75, 3.05) is 5.32 Å². The Kier molecular flexibility index (Phi) is 4.22. The van der Waals surface area contributed by atoms with Crippen LogP contribution in [0.3, 0.4) is 0 Å². The highest BCUT2D eigenvalue weighted by Crippen LogP contribution is 2.23. The molecule has 6 heteroatoms. The molecule has 1 N–H and O–H groups in total. The van der Waals surface area contributed by atoms with Crippen molar-refractivity contribution in [3.63, 3.8) is 0 Å². The minimum Gasteiger partial charge on any atom is -0.378 e. The summed E-state index contributed by atoms with van der Waals surface area (Å²) >= 11 is 9.57. The van der Waals surface area contributed by atoms with Crippen molar-refractivity contribution < 1.29 is 0 Å². The minimum absolute atomic E-state index is 0.640. The maximum atomic E-state index is 6.04. The van der Waals surface area contributed by atoms with E-state index < -0.39 is 0 Å². The molecule has 0 radical (unpaired) electrons. The molecule has 0 saturated carbocycles. The monoisotopic (exact) mass is 362 g/mol. The first-order chi connectivity index (χ1) is 10.2. The Hall–Kier alpha value is -1.85. The summed E-state index contributed by atoms with van der Waals surface area (Å²) in [6.45, 7) is 0.640. The van der Waals surface area contributed by atoms with E-state index in [4.69, 9.17) is 11.6 Å². The first-order valence-electron chi connectivity index (χ1n) is 6.37. The van der Waals surface area contributed by atoms with E-state index in [-0.39, 0.29) is 0 Å². The number of halogens is 2. The summed E-state index contributed by atoms with van der Waals surface area (Å²) in [4.78, 5) is 4.37. The van der Waals surface area contributed by atoms with E-state index in [1.165, 1.54) is 0 Å². The molecule has 0 fully saturated rings. The smallest absolute Gasteiger partial charge is 0.176 e. The van der Waals surface area contributed by atoms with Crippen molar-refractivity contribution in [1.82, 2.24) is 14.8 Å². The highest BCUT2D eigenvalue weighted by molar-refractivity contribution is 9.10. The molecule has 0 aliphatic rings. The number of benzene rings is 1. The molecule has 2 aromatic heterocycles. The van der Waals surface area contributed by atoms with Gasteiger partial charge in [0, 0.05) is 34.6 Å². The summed E-state index contributed by atoms with van der Waals surface area (Å²) in [5.41, 5.74) is 1.99. The van der Waals surface area contributed by atoms with Gasteiger partial charge in [0.1, 0.15) is 0 Å². The average molecular weight is 364 g/mol. The lowest BCUT2D eigenvalue weighted by molar-refractivity contribution is 0.846. The zero-order valence-electron chi connectivity index (χ0n) is 11.0. The van der Waals surface area contributed by atoms with Crippen LogP contribution in [0.1, 0.15) is 5.56 Å². The minimum atomic E-state index is 0.640. The normalized spacial score (nSPS) is 10.6. The molecule has 21 heavy (non-hydrogen) atoms. The van der Waals surface area contributed by atoms with Gasteiger partial charge in [-0.25, -0.2) is 9.67 Å². The van der Waals surface area contributed by atoms with E-state index >= 15 is 0 Å². The van der Waals surface area contributed by atoms with Crippen LogP contribution in [-0.4, -0.2) is 14.8 Å². The predicted molar refractivity (Wildman–Crippen MR) is 87.8 cm³/mol. The fourth-order valence-electron chi connectivity index (χ4n) is 1.98. The fourth-order valence-corrected chi connectivity index (χ4v) is 2.56. The van der Waals surface area contributed by atoms with Crippen molar-refractivity contribution in [1.29, 1.82) is 0 Å². The van der Waals surface area contributed by atoms with E-state index in [9.17, 15) is 0 Å². The fraction of sp³-hybridized carbons (Fsp3) is 0.0667. The number of hydrogen-bond acceptors (Lipinski definition) is 3. The quantitative estimate of drug-likeness (QED) is 0.751. The molecule has 2 heterocycles. The number of rotatable bonds is 4. The van der Waals surface area contributed by atoms with Gasteiger partial charge in [-0.3, -0.25) is 0 Å². The van der Waals surface area contributed by atoms with Crippen LogP contribution in [0.25, 0.3) is 5.82 Å². The second-order valence-corrected chi connectivity index (χ2v) is 5.71. The average Bonchev–Trinajstić information content (AvgIpc) is 3.03. The lowest BCUT2D eigenvalue weighted by atomic mass is 10.2. The van der Waals surface area contributed by atoms with E-state index in [0.717, 1.165) is 21.5 Å². The van der Waals surface area contributed by atoms with Gasteiger partial charge in [0.05, 0.1) is 5.69 Å². The Labute approximate surface area is 135 Å². The van der Waals surface area contributed by atoms with Gasteiger partial charge < -0.3 is 5.32 Å². The molecule has 106 valence electrons. The van der Waals surface area contributed by atoms with Crippen LogP contribution in [0.2, 0.25) is 5.02 Å². The van der Waals surface area contributed by atoms with Crippen LogP contribution in [-0.2, 0) is 6.54 Å². The molecule has 3 rings (SSSR count). The highest BCUT2D eigenvalue weighted by Gasteiger charge is 2.07. The van der Waals surface area contributed by atoms with Crippen molar-refractivity contribution in [2.45, 2.75) is 6.54 Å². The molecule has 0 aliphatic heterocycles. The van der Waals surface area contributed by atoms with E-state index in [0.29, 0.717) is 11.6 Å². The zero-order valence-corrected chi connectivity index (χ0v) is 13.3. The zero-order chi connectivity index (χ0) is 14.7. The molecule has 0 amide bonds. The summed E-state index contributed by atoms with van der Waals surface area (Å²) in [7, 11) is 0. The Morgan fingerprint density at radius 3 is 2.90 bits per heavy atom. The second-order valence-electron chi connectivity index (χ2n) is 4.41. The van der Waals surface area contributed by atoms with Gasteiger partial charge in [-0.2, -0.15) is 5.10 Å². The summed E-state index contributed by atoms with van der Waals surface area (Å²) in [5, 5.41) is 8.31. The van der Waals surface area contributed by atoms with Gasteiger partial charge in [0.25, 0.3) is 0 Å². The maximum Gasteiger partial charge on any atom is 0.176 e. The summed E-state index contributed by atoms with van der Waals surface area (Å²) in [5.74, 6) is 0.764. The molecular weight excluding hydrogens is 352 g/mol. The molecule has 0 bridgehead atoms. The van der Waals surface area contributed by atoms with Crippen LogP contribution in [0.4, 0.5) is 5.69 Å². The van der Waals surface area contributed by atoms with Crippen molar-refractivity contribution >= 4 is 33.2 Å². The number of pyridine rings is 1. The first-order valence-corrected chi connectivity index (χ1v) is 7.54. The van der Waals surface area contributed by atoms with Crippen LogP contribution in [0.15, 0.2) is 59.5 Å². The third kappa shape index (κ3) is 3.25. The topological polar surface area (TPSA) is 42.7 Å². The lowest BCUT2D eigenvalue weighted by Crippen LogP contribution is -2.06. The van der Waals surface area contributed by atoms with Gasteiger partial charge in [-0.1, -0.05) is 27.5 Å². The number of anilines is 1. The van der Waals surface area contributed by atoms with Gasteiger partial charge in [0.2, 0.25) is 0 Å². The highest BCUT2D eigenvalue weighted by atomic mass is 79.9. The Bertz CT molecular complexity index is 743. The number of nitrogens with one attached hydrogen (secondary N) is 1. The van der Waals surface area contributed by atoms with Crippen molar-refractivity contribution in [3.05, 3.63) is 70.0 Å². The molecule has 0 atom stereocenters. The third-order valence-electron chi connectivity index (χ3n) is 2.99. The molecule has 0 spiro atoms. The summed E-state index contributed by atoms with van der Waals surface area (Å²) in [6, 6.07) is 11.5. The summed E-state index contributed by atoms with van der Waals surface area (Å²) in [6.07, 6.45) is 5.34. The van der Waals surface area contributed by atoms with Crippen LogP contribution < -0.4 is 5.32 Å². The molecule has 0 saturated heterocycles. The first kappa shape index (κ1) is 14.1. The van der Waals surface area contributed by atoms with Crippen LogP contribution in [0.5, 0.6) is 0 Å². The van der Waals surface area contributed by atoms with Crippen molar-refractivity contribution in [2.24, 2.45) is 0 Å². The van der Waals surface area contributed by atoms with E-state index in [1.54, 1.807) is 17.1 Å². The number of hydrogen-bond donors (Lipinski definition) is 1. The molecule has 1 aromatic carbocycles. The second kappa shape index (κ2) is 6.28. The Balaban J connectivity index is 1.84. The lowest BCUT2D eigenvalue weighted by Gasteiger charge is -2.12. The van der Waals surface area contributed by atoms with Gasteiger partial charge >= 0.3 is 0 Å². The maximum absolute atomic E-state index is 6.04. The van der Waals surface area contributed by atoms with E-state index in [1.807, 2.05) is 42.6 Å². The molecular formula is C15H12BrClN4. The molecule has 3 aromatic rings. The number of nitrogens with zero attached hydrogens (tertiary/aromatic N) is 3. The van der Waals surface area contributed by atoms with Gasteiger partial charge in [0.15, 0.2) is 5.82 Å². The van der Waals surface area contributed by atoms with Crippen LogP contribution >= 0.6 is 27.5 Å². The van der Waals surface area contributed by atoms with Crippen LogP contribution in [0, 0.1) is 0 Å². The van der Waals surface area contributed by atoms with Gasteiger partial charge in [-0.05, 0) is 42.0 Å². The van der Waals surface area contributed by atoms with Gasteiger partial charge in [-0.15, -0.1) is 0 Å². The number of aromatic nitrogens is 3. The third-order valence-corrected chi connectivity index (χ3v) is 3.99. The predicted octanol–water partition coefficient (Wildman–Crippen LogP) is 4.30. The van der Waals surface area contributed by atoms with E-state index in [2.05, 4.69) is 31.3 Å². The standard InChI is InChI=1S/C15H12BrClN4/c16-13-5-4-12(17)9-11(13)10-19-14-3-1-6-18-15(14)21-8-2-7-20-21/h1-9,19H,10H2. The largest absolute Gasteiger partial charge is 0.378 e. The summed E-state index contributed by atoms with van der Waals surface area (Å²) < 4.78 is 2.75.